The van der Waals surface area contributed by atoms with Crippen LogP contribution >= 0.6 is 11.3 Å². The van der Waals surface area contributed by atoms with Crippen molar-refractivity contribution >= 4 is 17.3 Å². The summed E-state index contributed by atoms with van der Waals surface area (Å²) in [5.41, 5.74) is 5.78. The van der Waals surface area contributed by atoms with Gasteiger partial charge in [0.1, 0.15) is 0 Å². The van der Waals surface area contributed by atoms with Crippen molar-refractivity contribution in [1.29, 1.82) is 0 Å². The maximum Gasteiger partial charge on any atom is 0.191 e. The fraction of sp³-hybridized carbons (Fsp3) is 0.435. The number of guanidine groups is 1. The second-order valence-corrected chi connectivity index (χ2v) is 8.70. The average molecular weight is 425 g/mol. The van der Waals surface area contributed by atoms with E-state index in [2.05, 4.69) is 79.2 Å². The predicted molar refractivity (Wildman–Crippen MR) is 125 cm³/mol. The first-order chi connectivity index (χ1) is 14.5. The molecule has 0 aliphatic rings. The summed E-state index contributed by atoms with van der Waals surface area (Å²) in [6.07, 6.45) is 0.900. The summed E-state index contributed by atoms with van der Waals surface area (Å²) in [4.78, 5) is 10.7. The van der Waals surface area contributed by atoms with Crippen LogP contribution in [0.25, 0.3) is 0 Å². The van der Waals surface area contributed by atoms with Crippen molar-refractivity contribution in [3.63, 3.8) is 0 Å². The molecule has 0 aliphatic heterocycles. The molecule has 7 heteroatoms. The fourth-order valence-electron chi connectivity index (χ4n) is 3.31. The highest BCUT2D eigenvalue weighted by Gasteiger charge is 2.12. The van der Waals surface area contributed by atoms with Crippen molar-refractivity contribution in [1.82, 2.24) is 25.4 Å². The van der Waals surface area contributed by atoms with E-state index < -0.39 is 0 Å². The maximum atomic E-state index is 4.80. The lowest BCUT2D eigenvalue weighted by atomic mass is 10.2. The van der Waals surface area contributed by atoms with Gasteiger partial charge in [-0.25, -0.2) is 9.98 Å². The largest absolute Gasteiger partial charge is 0.357 e. The van der Waals surface area contributed by atoms with Crippen LogP contribution in [0.3, 0.4) is 0 Å². The molecule has 0 spiro atoms. The molecule has 0 amide bonds. The number of aromatic nitrogens is 3. The van der Waals surface area contributed by atoms with Crippen LogP contribution in [-0.4, -0.2) is 33.8 Å². The summed E-state index contributed by atoms with van der Waals surface area (Å²) in [6, 6.07) is 10.4. The van der Waals surface area contributed by atoms with Crippen LogP contribution in [0, 0.1) is 27.7 Å². The number of nitrogens with one attached hydrogen (secondary N) is 2. The number of nitrogens with zero attached hydrogens (tertiary/aromatic N) is 4. The minimum atomic E-state index is 0.608. The van der Waals surface area contributed by atoms with Gasteiger partial charge in [0.05, 0.1) is 29.5 Å². The van der Waals surface area contributed by atoms with Crippen molar-refractivity contribution in [2.75, 3.05) is 13.1 Å². The van der Waals surface area contributed by atoms with Crippen molar-refractivity contribution in [3.05, 3.63) is 68.4 Å². The monoisotopic (exact) mass is 424 g/mol. The lowest BCUT2D eigenvalue weighted by Crippen LogP contribution is -2.38. The molecule has 2 N–H and O–H groups in total. The first-order valence-corrected chi connectivity index (χ1v) is 11.3. The summed E-state index contributed by atoms with van der Waals surface area (Å²) in [5, 5.41) is 12.7. The molecule has 2 aromatic heterocycles. The topological polar surface area (TPSA) is 67.1 Å². The molecule has 0 radical (unpaired) electrons. The van der Waals surface area contributed by atoms with Gasteiger partial charge in [0.2, 0.25) is 0 Å². The minimum absolute atomic E-state index is 0.608. The Balaban J connectivity index is 1.63. The van der Waals surface area contributed by atoms with Crippen LogP contribution in [0.15, 0.2) is 35.3 Å². The first kappa shape index (κ1) is 22.0. The molecule has 0 bridgehead atoms. The van der Waals surface area contributed by atoms with Gasteiger partial charge >= 0.3 is 0 Å². The molecule has 0 saturated heterocycles. The molecule has 3 rings (SSSR count). The Kier molecular flexibility index (Phi) is 7.63. The zero-order valence-electron chi connectivity index (χ0n) is 18.6. The number of hydrogen-bond acceptors (Lipinski definition) is 4. The van der Waals surface area contributed by atoms with E-state index in [1.807, 2.05) is 6.07 Å². The highest BCUT2D eigenvalue weighted by Crippen LogP contribution is 2.17. The SMILES string of the molecule is CCNC(=NCc1c(C)nn(Cc2ccccc2)c1C)NCCc1nc(C)c(C)s1. The number of aliphatic imine (C=N–C) groups is 1. The lowest BCUT2D eigenvalue weighted by molar-refractivity contribution is 0.658. The number of rotatable bonds is 8. The first-order valence-electron chi connectivity index (χ1n) is 10.5. The van der Waals surface area contributed by atoms with Crippen LogP contribution < -0.4 is 10.6 Å². The third-order valence-corrected chi connectivity index (χ3v) is 6.28. The van der Waals surface area contributed by atoms with Gasteiger partial charge in [0.15, 0.2) is 5.96 Å². The Morgan fingerprint density at radius 2 is 1.83 bits per heavy atom. The maximum absolute atomic E-state index is 4.80. The number of benzene rings is 1. The number of hydrogen-bond donors (Lipinski definition) is 2. The van der Waals surface area contributed by atoms with E-state index in [1.54, 1.807) is 11.3 Å². The number of thiazole rings is 1. The van der Waals surface area contributed by atoms with E-state index in [0.717, 1.165) is 43.4 Å². The van der Waals surface area contributed by atoms with Crippen LogP contribution in [0.2, 0.25) is 0 Å². The fourth-order valence-corrected chi connectivity index (χ4v) is 4.24. The molecule has 0 atom stereocenters. The van der Waals surface area contributed by atoms with Gasteiger partial charge < -0.3 is 10.6 Å². The van der Waals surface area contributed by atoms with Crippen LogP contribution in [-0.2, 0) is 19.5 Å². The predicted octanol–water partition coefficient (Wildman–Crippen LogP) is 3.92. The van der Waals surface area contributed by atoms with E-state index in [4.69, 9.17) is 10.1 Å². The molecule has 0 saturated carbocycles. The normalized spacial score (nSPS) is 11.7. The Labute approximate surface area is 183 Å². The molecular formula is C23H32N6S. The Morgan fingerprint density at radius 3 is 2.50 bits per heavy atom. The van der Waals surface area contributed by atoms with Gasteiger partial charge in [-0.2, -0.15) is 5.10 Å². The quantitative estimate of drug-likeness (QED) is 0.425. The molecule has 160 valence electrons. The molecule has 0 unspecified atom stereocenters. The van der Waals surface area contributed by atoms with Crippen molar-refractivity contribution in [2.45, 2.75) is 54.1 Å². The smallest absolute Gasteiger partial charge is 0.191 e. The lowest BCUT2D eigenvalue weighted by Gasteiger charge is -2.11. The van der Waals surface area contributed by atoms with Gasteiger partial charge in [-0.1, -0.05) is 30.3 Å². The molecule has 2 heterocycles. The number of aryl methyl sites for hydroxylation is 3. The van der Waals surface area contributed by atoms with E-state index in [9.17, 15) is 0 Å². The van der Waals surface area contributed by atoms with Gasteiger partial charge in [0.25, 0.3) is 0 Å². The van der Waals surface area contributed by atoms with Crippen LogP contribution in [0.4, 0.5) is 0 Å². The average Bonchev–Trinajstić information content (AvgIpc) is 3.18. The van der Waals surface area contributed by atoms with Crippen molar-refractivity contribution < 1.29 is 0 Å². The molecule has 0 fully saturated rings. The van der Waals surface area contributed by atoms with Crippen molar-refractivity contribution in [2.24, 2.45) is 4.99 Å². The van der Waals surface area contributed by atoms with Gasteiger partial charge in [-0.05, 0) is 40.2 Å². The highest BCUT2D eigenvalue weighted by molar-refractivity contribution is 7.11. The van der Waals surface area contributed by atoms with Crippen molar-refractivity contribution in [3.8, 4) is 0 Å². The second kappa shape index (κ2) is 10.4. The molecular weight excluding hydrogens is 392 g/mol. The molecule has 1 aromatic carbocycles. The van der Waals surface area contributed by atoms with E-state index in [1.165, 1.54) is 26.7 Å². The molecule has 30 heavy (non-hydrogen) atoms. The summed E-state index contributed by atoms with van der Waals surface area (Å²) < 4.78 is 2.07. The van der Waals surface area contributed by atoms with Crippen LogP contribution in [0.5, 0.6) is 0 Å². The standard InChI is InChI=1S/C23H32N6S/c1-6-24-23(25-13-12-22-27-16(2)19(5)30-22)26-14-21-17(3)28-29(18(21)4)15-20-10-8-7-9-11-20/h7-11H,6,12-15H2,1-5H3,(H2,24,25,26). The Morgan fingerprint density at radius 1 is 1.07 bits per heavy atom. The zero-order chi connectivity index (χ0) is 21.5. The summed E-state index contributed by atoms with van der Waals surface area (Å²) >= 11 is 1.77. The van der Waals surface area contributed by atoms with E-state index >= 15 is 0 Å². The van der Waals surface area contributed by atoms with Crippen LogP contribution in [0.1, 0.15) is 45.0 Å². The Bertz CT molecular complexity index is 967. The third kappa shape index (κ3) is 5.69. The Hall–Kier alpha value is -2.67. The summed E-state index contributed by atoms with van der Waals surface area (Å²) in [7, 11) is 0. The van der Waals surface area contributed by atoms with E-state index in [-0.39, 0.29) is 0 Å². The summed E-state index contributed by atoms with van der Waals surface area (Å²) in [6.45, 7) is 13.5. The second-order valence-electron chi connectivity index (χ2n) is 7.41. The zero-order valence-corrected chi connectivity index (χ0v) is 19.4. The minimum Gasteiger partial charge on any atom is -0.357 e. The molecule has 6 nitrogen and oxygen atoms in total. The van der Waals surface area contributed by atoms with E-state index in [0.29, 0.717) is 6.54 Å². The molecule has 0 aliphatic carbocycles. The van der Waals surface area contributed by atoms with Gasteiger partial charge in [-0.3, -0.25) is 4.68 Å². The van der Waals surface area contributed by atoms with Gasteiger partial charge in [-0.15, -0.1) is 11.3 Å². The molecule has 3 aromatic rings. The summed E-state index contributed by atoms with van der Waals surface area (Å²) in [5.74, 6) is 0.831. The third-order valence-electron chi connectivity index (χ3n) is 5.15. The van der Waals surface area contributed by atoms with Gasteiger partial charge in [0, 0.05) is 35.6 Å². The highest BCUT2D eigenvalue weighted by atomic mass is 32.1.